The zero-order chi connectivity index (χ0) is 46.0. The standard InChI is InChI=1S/C42H73N7O10S/c1-27-28(2)34(29(3)30-19-20-42(13,14)57-33(27)30)60(54,55)47-36(44)46-21-15-18-31(43)35(51)45-22-16-23-48(37(52)58-40(7,8)9)24-17-25-49(38(53)59-41(10,11)12)26-32(50)56-39(4,5)6/h31H,15-26,43H2,1-14H3,(H,45,51)(H3,44,46,47)/t31-/m0/s1. The predicted octanol–water partition coefficient (Wildman–Crippen LogP) is 5.13. The number of nitrogens with one attached hydrogen (secondary N) is 2. The van der Waals surface area contributed by atoms with Crippen LogP contribution in [-0.2, 0) is 40.2 Å². The molecule has 1 aromatic carbocycles. The third-order valence-corrected chi connectivity index (χ3v) is 10.9. The number of ether oxygens (including phenoxy) is 4. The van der Waals surface area contributed by atoms with Crippen molar-refractivity contribution in [2.45, 2.75) is 169 Å². The van der Waals surface area contributed by atoms with Gasteiger partial charge in [-0.25, -0.2) is 22.7 Å². The normalized spacial score (nSPS) is 14.9. The van der Waals surface area contributed by atoms with Crippen LogP contribution in [0.2, 0.25) is 0 Å². The van der Waals surface area contributed by atoms with E-state index in [0.29, 0.717) is 36.8 Å². The second-order valence-electron chi connectivity index (χ2n) is 18.9. The van der Waals surface area contributed by atoms with E-state index in [9.17, 15) is 27.6 Å². The minimum absolute atomic E-state index is 0.100. The van der Waals surface area contributed by atoms with Crippen molar-refractivity contribution < 1.29 is 46.5 Å². The van der Waals surface area contributed by atoms with Crippen LogP contribution in [0.4, 0.5) is 9.59 Å². The first-order valence-electron chi connectivity index (χ1n) is 20.7. The second-order valence-corrected chi connectivity index (χ2v) is 20.6. The maximum absolute atomic E-state index is 13.5. The Morgan fingerprint density at radius 3 is 1.92 bits per heavy atom. The van der Waals surface area contributed by atoms with Gasteiger partial charge in [-0.15, -0.1) is 0 Å². The predicted molar refractivity (Wildman–Crippen MR) is 231 cm³/mol. The third-order valence-electron chi connectivity index (χ3n) is 9.27. The highest BCUT2D eigenvalue weighted by molar-refractivity contribution is 7.90. The Hall–Kier alpha value is -4.32. The van der Waals surface area contributed by atoms with Crippen molar-refractivity contribution in [3.05, 3.63) is 22.3 Å². The summed E-state index contributed by atoms with van der Waals surface area (Å²) in [6.07, 6.45) is 1.50. The van der Waals surface area contributed by atoms with Crippen molar-refractivity contribution in [1.82, 2.24) is 19.8 Å². The number of carbonyl (C=O) groups excluding carboxylic acids is 4. The third kappa shape index (κ3) is 17.3. The molecule has 60 heavy (non-hydrogen) atoms. The lowest BCUT2D eigenvalue weighted by molar-refractivity contribution is -0.156. The molecule has 1 atom stereocenters. The first-order chi connectivity index (χ1) is 27.3. The fourth-order valence-corrected chi connectivity index (χ4v) is 7.92. The van der Waals surface area contributed by atoms with Gasteiger partial charge in [0.2, 0.25) is 11.9 Å². The summed E-state index contributed by atoms with van der Waals surface area (Å²) < 4.78 is 52.2. The van der Waals surface area contributed by atoms with Gasteiger partial charge in [-0.1, -0.05) is 0 Å². The van der Waals surface area contributed by atoms with Crippen LogP contribution in [0.3, 0.4) is 0 Å². The van der Waals surface area contributed by atoms with Crippen LogP contribution in [0.25, 0.3) is 0 Å². The molecule has 0 unspecified atom stereocenters. The summed E-state index contributed by atoms with van der Waals surface area (Å²) in [7, 11) is -4.06. The maximum Gasteiger partial charge on any atom is 0.410 e. The summed E-state index contributed by atoms with van der Waals surface area (Å²) in [6, 6.07) is -0.861. The minimum atomic E-state index is -4.06. The van der Waals surface area contributed by atoms with Gasteiger partial charge in [0.05, 0.1) is 10.9 Å². The number of aliphatic imine (C=N–C) groups is 1. The summed E-state index contributed by atoms with van der Waals surface area (Å²) in [6.45, 7) is 25.6. The van der Waals surface area contributed by atoms with Gasteiger partial charge in [-0.05, 0) is 158 Å². The number of nitrogens with two attached hydrogens (primary N) is 2. The molecule has 0 radical (unpaired) electrons. The van der Waals surface area contributed by atoms with Crippen LogP contribution in [0, 0.1) is 20.8 Å². The molecule has 3 amide bonds. The van der Waals surface area contributed by atoms with E-state index in [2.05, 4.69) is 15.0 Å². The van der Waals surface area contributed by atoms with Crippen molar-refractivity contribution in [2.75, 3.05) is 39.3 Å². The van der Waals surface area contributed by atoms with Gasteiger partial charge in [0, 0.05) is 32.7 Å². The SMILES string of the molecule is Cc1c(C)c(S(=O)(=O)NC(N)=NCCC[C@H](N)C(=O)NCCCN(CCCN(CC(=O)OC(C)(C)C)C(=O)OC(C)(C)C)C(=O)OC(C)(C)C)c(C)c2c1OC(C)(C)CC2. The van der Waals surface area contributed by atoms with Crippen LogP contribution >= 0.6 is 0 Å². The smallest absolute Gasteiger partial charge is 0.410 e. The number of amides is 3. The topological polar surface area (TPSA) is 234 Å². The van der Waals surface area contributed by atoms with Gasteiger partial charge in [0.25, 0.3) is 10.0 Å². The van der Waals surface area contributed by atoms with E-state index in [4.69, 9.17) is 30.4 Å². The lowest BCUT2D eigenvalue weighted by Crippen LogP contribution is -2.44. The van der Waals surface area contributed by atoms with Crippen molar-refractivity contribution in [1.29, 1.82) is 0 Å². The number of hydrogen-bond acceptors (Lipinski definition) is 12. The van der Waals surface area contributed by atoms with Crippen molar-refractivity contribution in [2.24, 2.45) is 16.5 Å². The molecule has 1 aromatic rings. The molecule has 18 heteroatoms. The van der Waals surface area contributed by atoms with Crippen LogP contribution in [0.5, 0.6) is 5.75 Å². The van der Waals surface area contributed by atoms with Gasteiger partial charge >= 0.3 is 18.2 Å². The number of rotatable bonds is 17. The number of hydrogen-bond donors (Lipinski definition) is 4. The molecule has 0 spiro atoms. The molecule has 6 N–H and O–H groups in total. The minimum Gasteiger partial charge on any atom is -0.487 e. The Bertz CT molecular complexity index is 1830. The number of esters is 1. The first-order valence-corrected chi connectivity index (χ1v) is 22.2. The molecule has 1 heterocycles. The van der Waals surface area contributed by atoms with Crippen LogP contribution < -0.4 is 26.2 Å². The Labute approximate surface area is 358 Å². The second kappa shape index (κ2) is 21.0. The molecule has 1 aliphatic rings. The molecular formula is C42H73N7O10S. The van der Waals surface area contributed by atoms with Gasteiger partial charge < -0.3 is 40.6 Å². The van der Waals surface area contributed by atoms with Gasteiger partial charge in [0.15, 0.2) is 0 Å². The maximum atomic E-state index is 13.5. The van der Waals surface area contributed by atoms with E-state index in [1.54, 1.807) is 76.2 Å². The highest BCUT2D eigenvalue weighted by atomic mass is 32.2. The average Bonchev–Trinajstić information content (AvgIpc) is 3.06. The molecular weight excluding hydrogens is 795 g/mol. The molecule has 342 valence electrons. The number of nitrogens with zero attached hydrogens (tertiary/aromatic N) is 3. The Balaban J connectivity index is 1.94. The lowest BCUT2D eigenvalue weighted by Gasteiger charge is -2.35. The van der Waals surface area contributed by atoms with E-state index in [0.717, 1.165) is 23.3 Å². The summed E-state index contributed by atoms with van der Waals surface area (Å²) in [5.41, 5.74) is 12.4. The van der Waals surface area contributed by atoms with E-state index < -0.39 is 56.9 Å². The van der Waals surface area contributed by atoms with Crippen LogP contribution in [0.15, 0.2) is 9.89 Å². The van der Waals surface area contributed by atoms with E-state index in [1.807, 2.05) is 20.8 Å². The Morgan fingerprint density at radius 2 is 1.35 bits per heavy atom. The first kappa shape index (κ1) is 51.8. The largest absolute Gasteiger partial charge is 0.487 e. The van der Waals surface area contributed by atoms with Crippen molar-refractivity contribution in [3.8, 4) is 5.75 Å². The fraction of sp³-hybridized carbons (Fsp3) is 0.738. The molecule has 0 aliphatic carbocycles. The van der Waals surface area contributed by atoms with Crippen molar-refractivity contribution >= 4 is 40.0 Å². The van der Waals surface area contributed by atoms with E-state index in [1.165, 1.54) is 9.80 Å². The summed E-state index contributed by atoms with van der Waals surface area (Å²) in [4.78, 5) is 58.6. The number of guanidine groups is 1. The zero-order valence-electron chi connectivity index (χ0n) is 38.5. The quantitative estimate of drug-likeness (QED) is 0.0525. The highest BCUT2D eigenvalue weighted by Gasteiger charge is 2.34. The molecule has 17 nitrogen and oxygen atoms in total. The Morgan fingerprint density at radius 1 is 0.817 bits per heavy atom. The van der Waals surface area contributed by atoms with E-state index in [-0.39, 0.29) is 62.1 Å². The van der Waals surface area contributed by atoms with E-state index >= 15 is 0 Å². The number of sulfonamides is 1. The van der Waals surface area contributed by atoms with Crippen LogP contribution in [0.1, 0.15) is 131 Å². The fourth-order valence-electron chi connectivity index (χ4n) is 6.39. The molecule has 0 saturated heterocycles. The average molecular weight is 868 g/mol. The summed E-state index contributed by atoms with van der Waals surface area (Å²) in [5.74, 6) is -0.518. The number of carbonyl (C=O) groups is 4. The van der Waals surface area contributed by atoms with Gasteiger partial charge in [-0.3, -0.25) is 19.5 Å². The van der Waals surface area contributed by atoms with Crippen LogP contribution in [-0.4, -0.2) is 116 Å². The highest BCUT2D eigenvalue weighted by Crippen LogP contribution is 2.42. The molecule has 1 aliphatic heterocycles. The summed E-state index contributed by atoms with van der Waals surface area (Å²) in [5, 5.41) is 2.79. The van der Waals surface area contributed by atoms with Crippen molar-refractivity contribution in [3.63, 3.8) is 0 Å². The van der Waals surface area contributed by atoms with Gasteiger partial charge in [-0.2, -0.15) is 0 Å². The molecule has 2 rings (SSSR count). The molecule has 0 fully saturated rings. The molecule has 0 bridgehead atoms. The number of fused-ring (bicyclic) bond motifs is 1. The van der Waals surface area contributed by atoms with Gasteiger partial charge in [0.1, 0.15) is 34.7 Å². The molecule has 0 aromatic heterocycles. The molecule has 0 saturated carbocycles. The Kier molecular flexibility index (Phi) is 18.1. The zero-order valence-corrected chi connectivity index (χ0v) is 39.4. The number of benzene rings is 1. The monoisotopic (exact) mass is 868 g/mol. The summed E-state index contributed by atoms with van der Waals surface area (Å²) >= 11 is 0. The lowest BCUT2D eigenvalue weighted by atomic mass is 9.88.